The first-order chi connectivity index (χ1) is 13.1. The number of anilines is 1. The maximum absolute atomic E-state index is 5.98. The molecular weight excluding hydrogens is 394 g/mol. The van der Waals surface area contributed by atoms with E-state index < -0.39 is 0 Å². The van der Waals surface area contributed by atoms with Crippen LogP contribution < -0.4 is 5.32 Å². The summed E-state index contributed by atoms with van der Waals surface area (Å²) in [5, 5.41) is 7.00. The molecule has 2 heterocycles. The molecule has 0 radical (unpaired) electrons. The fourth-order valence-corrected chi connectivity index (χ4v) is 4.47. The number of thiocarbonyl (C=S) groups is 1. The Kier molecular flexibility index (Phi) is 7.94. The van der Waals surface area contributed by atoms with E-state index in [1.807, 2.05) is 24.3 Å². The molecule has 1 N–H and O–H groups in total. The lowest BCUT2D eigenvalue weighted by Crippen LogP contribution is -2.38. The van der Waals surface area contributed by atoms with E-state index in [0.717, 1.165) is 47.8 Å². The molecule has 2 aromatic rings. The number of nitrogens with one attached hydrogen (secondary N) is 1. The highest BCUT2D eigenvalue weighted by molar-refractivity contribution is 7.80. The number of thiophene rings is 1. The first kappa shape index (κ1) is 20.6. The largest absolute Gasteiger partial charge is 0.344 e. The van der Waals surface area contributed by atoms with Crippen molar-refractivity contribution in [2.24, 2.45) is 5.92 Å². The molecule has 0 bridgehead atoms. The molecule has 1 fully saturated rings. The molecule has 0 spiro atoms. The van der Waals surface area contributed by atoms with Crippen molar-refractivity contribution in [1.29, 1.82) is 0 Å². The van der Waals surface area contributed by atoms with E-state index >= 15 is 0 Å². The first-order valence-corrected chi connectivity index (χ1v) is 11.3. The van der Waals surface area contributed by atoms with Crippen molar-refractivity contribution < 1.29 is 0 Å². The highest BCUT2D eigenvalue weighted by atomic mass is 35.5. The number of hydrogen-bond acceptors (Lipinski definition) is 3. The molecule has 1 aromatic carbocycles. The number of benzene rings is 1. The van der Waals surface area contributed by atoms with Crippen LogP contribution in [0.4, 0.5) is 5.69 Å². The van der Waals surface area contributed by atoms with E-state index in [2.05, 4.69) is 39.6 Å². The molecule has 1 aliphatic heterocycles. The molecule has 1 aliphatic rings. The Bertz CT molecular complexity index is 695. The van der Waals surface area contributed by atoms with E-state index in [1.165, 1.54) is 30.8 Å². The number of hydrogen-bond donors (Lipinski definition) is 1. The molecule has 3 nitrogen and oxygen atoms in total. The van der Waals surface area contributed by atoms with Gasteiger partial charge < -0.3 is 15.1 Å². The van der Waals surface area contributed by atoms with Gasteiger partial charge in [0.1, 0.15) is 0 Å². The molecule has 3 rings (SSSR count). The van der Waals surface area contributed by atoms with E-state index in [9.17, 15) is 0 Å². The monoisotopic (exact) mass is 421 g/mol. The van der Waals surface area contributed by atoms with Gasteiger partial charge in [-0.3, -0.25) is 0 Å². The summed E-state index contributed by atoms with van der Waals surface area (Å²) >= 11 is 13.5. The zero-order valence-electron chi connectivity index (χ0n) is 15.9. The zero-order chi connectivity index (χ0) is 19.1. The molecule has 0 aliphatic carbocycles. The summed E-state index contributed by atoms with van der Waals surface area (Å²) in [6.45, 7) is 7.80. The summed E-state index contributed by atoms with van der Waals surface area (Å²) in [6.07, 6.45) is 3.78. The predicted octanol–water partition coefficient (Wildman–Crippen LogP) is 5.72. The number of rotatable bonds is 7. The SMILES string of the molecule is CC1CCN(CCCN(Cc2cccs2)C(=S)Nc2ccc(Cl)cc2)CC1. The van der Waals surface area contributed by atoms with Crippen LogP contribution in [0.15, 0.2) is 41.8 Å². The Labute approximate surface area is 177 Å². The molecule has 27 heavy (non-hydrogen) atoms. The van der Waals surface area contributed by atoms with Gasteiger partial charge in [0.15, 0.2) is 5.11 Å². The van der Waals surface area contributed by atoms with Crippen LogP contribution in [0.3, 0.4) is 0 Å². The van der Waals surface area contributed by atoms with E-state index in [0.29, 0.717) is 0 Å². The van der Waals surface area contributed by atoms with Gasteiger partial charge in [0.2, 0.25) is 0 Å². The normalized spacial score (nSPS) is 15.6. The van der Waals surface area contributed by atoms with Crippen LogP contribution in [0.5, 0.6) is 0 Å². The lowest BCUT2D eigenvalue weighted by Gasteiger charge is -2.31. The van der Waals surface area contributed by atoms with Crippen molar-refractivity contribution in [2.45, 2.75) is 32.7 Å². The third-order valence-corrected chi connectivity index (χ3v) is 6.56. The van der Waals surface area contributed by atoms with Crippen molar-refractivity contribution in [3.05, 3.63) is 51.7 Å². The minimum absolute atomic E-state index is 0.734. The molecule has 1 aromatic heterocycles. The Balaban J connectivity index is 1.54. The third-order valence-electron chi connectivity index (χ3n) is 5.09. The van der Waals surface area contributed by atoms with Crippen LogP contribution in [0.25, 0.3) is 0 Å². The summed E-state index contributed by atoms with van der Waals surface area (Å²) in [6, 6.07) is 12.0. The van der Waals surface area contributed by atoms with Gasteiger partial charge in [-0.1, -0.05) is 24.6 Å². The minimum Gasteiger partial charge on any atom is -0.344 e. The standard InChI is InChI=1S/C21H28ClN3S2/c1-17-9-13-24(14-10-17)11-3-12-25(16-20-4-2-15-27-20)21(26)23-19-7-5-18(22)6-8-19/h2,4-8,15,17H,3,9-14,16H2,1H3,(H,23,26). The fourth-order valence-electron chi connectivity index (χ4n) is 3.35. The molecule has 6 heteroatoms. The summed E-state index contributed by atoms with van der Waals surface area (Å²) in [7, 11) is 0. The second kappa shape index (κ2) is 10.4. The van der Waals surface area contributed by atoms with Crippen molar-refractivity contribution in [3.63, 3.8) is 0 Å². The maximum atomic E-state index is 5.98. The van der Waals surface area contributed by atoms with Crippen molar-refractivity contribution >= 4 is 46.0 Å². The zero-order valence-corrected chi connectivity index (χ0v) is 18.3. The Hall–Kier alpha value is -1.14. The number of halogens is 1. The molecule has 0 saturated carbocycles. The van der Waals surface area contributed by atoms with Gasteiger partial charge in [0.25, 0.3) is 0 Å². The van der Waals surface area contributed by atoms with Crippen LogP contribution in [-0.2, 0) is 6.54 Å². The first-order valence-electron chi connectivity index (χ1n) is 9.66. The quantitative estimate of drug-likeness (QED) is 0.575. The van der Waals surface area contributed by atoms with E-state index in [1.54, 1.807) is 11.3 Å². The van der Waals surface area contributed by atoms with Gasteiger partial charge in [-0.2, -0.15) is 0 Å². The van der Waals surface area contributed by atoms with Crippen molar-refractivity contribution in [1.82, 2.24) is 9.80 Å². The highest BCUT2D eigenvalue weighted by Crippen LogP contribution is 2.18. The average Bonchev–Trinajstić information content (AvgIpc) is 3.17. The number of nitrogens with zero attached hydrogens (tertiary/aromatic N) is 2. The van der Waals surface area contributed by atoms with Gasteiger partial charge in [-0.15, -0.1) is 11.3 Å². The number of piperidine rings is 1. The van der Waals surface area contributed by atoms with Crippen molar-refractivity contribution in [2.75, 3.05) is 31.5 Å². The summed E-state index contributed by atoms with van der Waals surface area (Å²) in [4.78, 5) is 6.21. The summed E-state index contributed by atoms with van der Waals surface area (Å²) in [5.41, 5.74) is 0.977. The lowest BCUT2D eigenvalue weighted by atomic mass is 9.99. The molecule has 146 valence electrons. The maximum Gasteiger partial charge on any atom is 0.173 e. The summed E-state index contributed by atoms with van der Waals surface area (Å²) < 4.78 is 0. The van der Waals surface area contributed by atoms with Crippen LogP contribution in [0.2, 0.25) is 5.02 Å². The molecule has 0 amide bonds. The Morgan fingerprint density at radius 2 is 2.00 bits per heavy atom. The molecular formula is C21H28ClN3S2. The van der Waals surface area contributed by atoms with Crippen LogP contribution in [-0.4, -0.2) is 41.1 Å². The number of likely N-dealkylation sites (tertiary alicyclic amines) is 1. The Morgan fingerprint density at radius 3 is 2.67 bits per heavy atom. The van der Waals surface area contributed by atoms with Crippen LogP contribution in [0, 0.1) is 5.92 Å². The summed E-state index contributed by atoms with van der Waals surface area (Å²) in [5.74, 6) is 0.882. The lowest BCUT2D eigenvalue weighted by molar-refractivity contribution is 0.186. The minimum atomic E-state index is 0.734. The molecule has 0 unspecified atom stereocenters. The second-order valence-electron chi connectivity index (χ2n) is 7.32. The van der Waals surface area contributed by atoms with Gasteiger partial charge in [-0.25, -0.2) is 0 Å². The van der Waals surface area contributed by atoms with Gasteiger partial charge in [0.05, 0.1) is 6.54 Å². The molecule has 0 atom stereocenters. The smallest absolute Gasteiger partial charge is 0.173 e. The fraction of sp³-hybridized carbons (Fsp3) is 0.476. The van der Waals surface area contributed by atoms with E-state index in [4.69, 9.17) is 23.8 Å². The second-order valence-corrected chi connectivity index (χ2v) is 9.17. The van der Waals surface area contributed by atoms with Gasteiger partial charge in [0, 0.05) is 22.1 Å². The molecule has 1 saturated heterocycles. The average molecular weight is 422 g/mol. The van der Waals surface area contributed by atoms with Crippen LogP contribution >= 0.6 is 35.2 Å². The Morgan fingerprint density at radius 1 is 1.26 bits per heavy atom. The van der Waals surface area contributed by atoms with Gasteiger partial charge in [-0.05, 0) is 92.7 Å². The van der Waals surface area contributed by atoms with Crippen LogP contribution in [0.1, 0.15) is 31.1 Å². The van der Waals surface area contributed by atoms with E-state index in [-0.39, 0.29) is 0 Å². The predicted molar refractivity (Wildman–Crippen MR) is 122 cm³/mol. The van der Waals surface area contributed by atoms with Crippen molar-refractivity contribution in [3.8, 4) is 0 Å². The van der Waals surface area contributed by atoms with Gasteiger partial charge >= 0.3 is 0 Å². The topological polar surface area (TPSA) is 18.5 Å². The third kappa shape index (κ3) is 6.75. The highest BCUT2D eigenvalue weighted by Gasteiger charge is 2.16.